The third-order valence-electron chi connectivity index (χ3n) is 6.94. The number of hydrogen-bond donors (Lipinski definition) is 1. The van der Waals surface area contributed by atoms with Crippen LogP contribution in [0.5, 0.6) is 0 Å². The van der Waals surface area contributed by atoms with Crippen molar-refractivity contribution in [1.29, 1.82) is 0 Å². The van der Waals surface area contributed by atoms with E-state index in [9.17, 15) is 9.59 Å². The first-order valence-electron chi connectivity index (χ1n) is 14.4. The second kappa shape index (κ2) is 11.2. The number of likely N-dealkylation sites (tertiary alicyclic amines) is 1. The number of benzene rings is 1. The van der Waals surface area contributed by atoms with Gasteiger partial charge in [0.2, 0.25) is 0 Å². The molecule has 11 nitrogen and oxygen atoms in total. The fourth-order valence-electron chi connectivity index (χ4n) is 5.02. The number of carbonyl (C=O) groups is 2. The van der Waals surface area contributed by atoms with Gasteiger partial charge in [0, 0.05) is 36.4 Å². The van der Waals surface area contributed by atoms with Crippen LogP contribution in [0.1, 0.15) is 78.7 Å². The summed E-state index contributed by atoms with van der Waals surface area (Å²) < 4.78 is 13.1. The summed E-state index contributed by atoms with van der Waals surface area (Å²) in [6.45, 7) is 19.6. The van der Waals surface area contributed by atoms with Crippen molar-refractivity contribution >= 4 is 40.8 Å². The SMILES string of the molecule is [C-]#[N+]c1cccc(N(C(=O)OC(C)(C)C)c2cc(N[C@H]3CCCN(C(=O)OC(C)(C)C)C3)nc3c(C4CC4)cnn23)c1. The van der Waals surface area contributed by atoms with Crippen LogP contribution >= 0.6 is 0 Å². The minimum absolute atomic E-state index is 0.0678. The number of ether oxygens (including phenoxy) is 2. The highest BCUT2D eigenvalue weighted by Crippen LogP contribution is 2.43. The number of nitrogens with one attached hydrogen (secondary N) is 1. The quantitative estimate of drug-likeness (QED) is 0.326. The number of hydrogen-bond acceptors (Lipinski definition) is 7. The number of fused-ring (bicyclic) bond motifs is 1. The topological polar surface area (TPSA) is 106 Å². The van der Waals surface area contributed by atoms with Gasteiger partial charge in [0.1, 0.15) is 22.8 Å². The van der Waals surface area contributed by atoms with E-state index >= 15 is 0 Å². The molecule has 42 heavy (non-hydrogen) atoms. The van der Waals surface area contributed by atoms with E-state index < -0.39 is 17.3 Å². The van der Waals surface area contributed by atoms with Gasteiger partial charge >= 0.3 is 12.2 Å². The molecule has 2 aliphatic rings. The van der Waals surface area contributed by atoms with Crippen LogP contribution < -0.4 is 10.2 Å². The third kappa shape index (κ3) is 6.75. The maximum Gasteiger partial charge on any atom is 0.420 e. The average Bonchev–Trinajstić information content (AvgIpc) is 3.66. The Morgan fingerprint density at radius 1 is 1.07 bits per heavy atom. The normalized spacial score (nSPS) is 17.5. The molecule has 1 saturated heterocycles. The van der Waals surface area contributed by atoms with E-state index in [0.29, 0.717) is 47.7 Å². The van der Waals surface area contributed by atoms with Gasteiger partial charge in [-0.3, -0.25) is 0 Å². The van der Waals surface area contributed by atoms with E-state index in [-0.39, 0.29) is 12.1 Å². The van der Waals surface area contributed by atoms with Gasteiger partial charge in [0.05, 0.1) is 12.8 Å². The number of nitrogens with zero attached hydrogens (tertiary/aromatic N) is 6. The van der Waals surface area contributed by atoms with Gasteiger partial charge in [-0.25, -0.2) is 24.3 Å². The molecular weight excluding hydrogens is 534 g/mol. The first-order valence-corrected chi connectivity index (χ1v) is 14.4. The maximum atomic E-state index is 13.8. The molecule has 3 aromatic rings. The molecule has 1 aromatic carbocycles. The molecule has 2 fully saturated rings. The van der Waals surface area contributed by atoms with E-state index in [0.717, 1.165) is 31.2 Å². The molecule has 1 saturated carbocycles. The van der Waals surface area contributed by atoms with Gasteiger partial charge in [-0.2, -0.15) is 9.61 Å². The van der Waals surface area contributed by atoms with Gasteiger partial charge in [-0.05, 0) is 85.3 Å². The molecule has 0 radical (unpaired) electrons. The van der Waals surface area contributed by atoms with Crippen LogP contribution in [0.25, 0.3) is 10.5 Å². The van der Waals surface area contributed by atoms with Gasteiger partial charge in [0.15, 0.2) is 11.3 Å². The summed E-state index contributed by atoms with van der Waals surface area (Å²) in [6, 6.07) is 8.56. The van der Waals surface area contributed by atoms with Crippen molar-refractivity contribution < 1.29 is 19.1 Å². The molecule has 1 atom stereocenters. The van der Waals surface area contributed by atoms with E-state index in [1.165, 1.54) is 4.90 Å². The van der Waals surface area contributed by atoms with Crippen molar-refractivity contribution in [3.63, 3.8) is 0 Å². The maximum absolute atomic E-state index is 13.8. The molecule has 1 aliphatic carbocycles. The molecule has 0 bridgehead atoms. The second-order valence-electron chi connectivity index (χ2n) is 13.0. The van der Waals surface area contributed by atoms with Crippen LogP contribution in [0.15, 0.2) is 36.5 Å². The van der Waals surface area contributed by atoms with Gasteiger partial charge in [-0.15, -0.1) is 0 Å². The number of aromatic nitrogens is 3. The Morgan fingerprint density at radius 2 is 1.81 bits per heavy atom. The molecule has 3 heterocycles. The predicted molar refractivity (Wildman–Crippen MR) is 160 cm³/mol. The summed E-state index contributed by atoms with van der Waals surface area (Å²) in [6.07, 6.45) is 4.68. The fourth-order valence-corrected chi connectivity index (χ4v) is 5.02. The van der Waals surface area contributed by atoms with E-state index in [1.54, 1.807) is 39.7 Å². The monoisotopic (exact) mass is 573 g/mol. The third-order valence-corrected chi connectivity index (χ3v) is 6.94. The number of amides is 2. The fraction of sp³-hybridized carbons (Fsp3) is 0.516. The number of rotatable bonds is 5. The molecule has 222 valence electrons. The van der Waals surface area contributed by atoms with Crippen molar-refractivity contribution in [2.24, 2.45) is 0 Å². The Bertz CT molecular complexity index is 1520. The Balaban J connectivity index is 1.55. The Labute approximate surface area is 246 Å². The molecule has 2 amide bonds. The van der Waals surface area contributed by atoms with Crippen LogP contribution in [-0.2, 0) is 9.47 Å². The van der Waals surface area contributed by atoms with Crippen LogP contribution in [0, 0.1) is 6.57 Å². The zero-order valence-corrected chi connectivity index (χ0v) is 25.2. The molecule has 2 aromatic heterocycles. The second-order valence-corrected chi connectivity index (χ2v) is 13.0. The van der Waals surface area contributed by atoms with Gasteiger partial charge in [0.25, 0.3) is 0 Å². The molecule has 5 rings (SSSR count). The highest BCUT2D eigenvalue weighted by atomic mass is 16.6. The Hall–Kier alpha value is -4.33. The van der Waals surface area contributed by atoms with Crippen LogP contribution in [0.3, 0.4) is 0 Å². The zero-order valence-electron chi connectivity index (χ0n) is 25.2. The lowest BCUT2D eigenvalue weighted by atomic mass is 10.1. The average molecular weight is 574 g/mol. The molecular formula is C31H39N7O4. The standard InChI is InChI=1S/C31H39N7O4/c1-30(2,3)41-28(39)36-15-9-11-22(19-36)34-25-17-26(38-27(35-25)24(18-33-38)20-13-14-20)37(29(40)42-31(4,5)6)23-12-8-10-21(16-23)32-7/h8,10,12,16-18,20,22H,9,11,13-15,19H2,1-6H3,(H,34,35)/t22-/m0/s1. The van der Waals surface area contributed by atoms with Crippen molar-refractivity contribution in [3.05, 3.63) is 53.5 Å². The highest BCUT2D eigenvalue weighted by Gasteiger charge is 2.33. The number of piperidine rings is 1. The lowest BCUT2D eigenvalue weighted by Gasteiger charge is -2.34. The van der Waals surface area contributed by atoms with Crippen LogP contribution in [-0.4, -0.2) is 62.0 Å². The van der Waals surface area contributed by atoms with E-state index in [2.05, 4.69) is 15.3 Å². The van der Waals surface area contributed by atoms with Crippen molar-refractivity contribution in [2.75, 3.05) is 23.3 Å². The van der Waals surface area contributed by atoms with Crippen molar-refractivity contribution in [1.82, 2.24) is 19.5 Å². The number of anilines is 3. The van der Waals surface area contributed by atoms with E-state index in [1.807, 2.05) is 47.7 Å². The Kier molecular flexibility index (Phi) is 7.75. The molecule has 11 heteroatoms. The summed E-state index contributed by atoms with van der Waals surface area (Å²) in [5.74, 6) is 1.37. The lowest BCUT2D eigenvalue weighted by Crippen LogP contribution is -2.47. The zero-order chi connectivity index (χ0) is 30.2. The van der Waals surface area contributed by atoms with E-state index in [4.69, 9.17) is 21.0 Å². The first kappa shape index (κ1) is 29.2. The van der Waals surface area contributed by atoms with Crippen molar-refractivity contribution in [2.45, 2.75) is 90.4 Å². The Morgan fingerprint density at radius 3 is 2.48 bits per heavy atom. The van der Waals surface area contributed by atoms with Crippen molar-refractivity contribution in [3.8, 4) is 0 Å². The lowest BCUT2D eigenvalue weighted by molar-refractivity contribution is 0.0206. The predicted octanol–water partition coefficient (Wildman–Crippen LogP) is 7.04. The summed E-state index contributed by atoms with van der Waals surface area (Å²) in [4.78, 5) is 38.2. The summed E-state index contributed by atoms with van der Waals surface area (Å²) in [7, 11) is 0. The summed E-state index contributed by atoms with van der Waals surface area (Å²) in [5.41, 5.74) is 1.23. The van der Waals surface area contributed by atoms with Crippen LogP contribution in [0.4, 0.5) is 32.6 Å². The minimum atomic E-state index is -0.753. The van der Waals surface area contributed by atoms with Gasteiger partial charge in [-0.1, -0.05) is 12.1 Å². The smallest absolute Gasteiger partial charge is 0.420 e. The highest BCUT2D eigenvalue weighted by molar-refractivity contribution is 5.96. The number of carbonyl (C=O) groups excluding carboxylic acids is 2. The van der Waals surface area contributed by atoms with Gasteiger partial charge < -0.3 is 19.7 Å². The summed E-state index contributed by atoms with van der Waals surface area (Å²) in [5, 5.41) is 8.18. The minimum Gasteiger partial charge on any atom is -0.444 e. The summed E-state index contributed by atoms with van der Waals surface area (Å²) >= 11 is 0. The molecule has 0 unspecified atom stereocenters. The first-order chi connectivity index (χ1) is 19.8. The van der Waals surface area contributed by atoms with Crippen LogP contribution in [0.2, 0.25) is 0 Å². The molecule has 1 aliphatic heterocycles. The molecule has 1 N–H and O–H groups in total. The largest absolute Gasteiger partial charge is 0.444 e. The molecule has 0 spiro atoms.